The van der Waals surface area contributed by atoms with E-state index in [4.69, 9.17) is 9.47 Å². The number of fused-ring (bicyclic) bond motifs is 1. The smallest absolute Gasteiger partial charge is 0.162 e. The molecule has 0 aliphatic carbocycles. The van der Waals surface area contributed by atoms with Crippen LogP contribution in [0, 0.1) is 6.92 Å². The molecule has 0 unspecified atom stereocenters. The maximum absolute atomic E-state index is 12.9. The minimum Gasteiger partial charge on any atom is -0.493 e. The van der Waals surface area contributed by atoms with Gasteiger partial charge in [0, 0.05) is 41.2 Å². The van der Waals surface area contributed by atoms with Gasteiger partial charge in [0.25, 0.3) is 0 Å². The summed E-state index contributed by atoms with van der Waals surface area (Å²) in [5, 5.41) is 0. The van der Waals surface area contributed by atoms with E-state index in [1.165, 1.54) is 0 Å². The van der Waals surface area contributed by atoms with Gasteiger partial charge in [-0.05, 0) is 30.7 Å². The number of hydrogen-bond donors (Lipinski definition) is 0. The lowest BCUT2D eigenvalue weighted by atomic mass is 10.0. The molecule has 5 heteroatoms. The Kier molecular flexibility index (Phi) is 4.62. The van der Waals surface area contributed by atoms with Crippen molar-refractivity contribution < 1.29 is 13.7 Å². The lowest BCUT2D eigenvalue weighted by Crippen LogP contribution is -2.19. The molecule has 1 atom stereocenters. The SMILES string of the molecule is COc1cc2c(cc1OC)N(C)C=C([S@](=O)c1ccc(C)cc1)C2. The summed E-state index contributed by atoms with van der Waals surface area (Å²) in [6, 6.07) is 11.7. The van der Waals surface area contributed by atoms with Crippen LogP contribution in [-0.4, -0.2) is 25.5 Å². The summed E-state index contributed by atoms with van der Waals surface area (Å²) in [6.45, 7) is 2.02. The molecule has 0 saturated heterocycles. The molecule has 3 rings (SSSR count). The van der Waals surface area contributed by atoms with E-state index < -0.39 is 10.8 Å². The standard InChI is InChI=1S/C19H21NO3S/c1-13-5-7-15(8-6-13)24(21)16-9-14-10-18(22-3)19(23-4)11-17(14)20(2)12-16/h5-8,10-12H,9H2,1-4H3/t24-/m1/s1. The number of allylic oxidation sites excluding steroid dienone is 1. The molecule has 1 aliphatic heterocycles. The van der Waals surface area contributed by atoms with Crippen molar-refractivity contribution in [2.45, 2.75) is 18.2 Å². The molecule has 2 aromatic carbocycles. The van der Waals surface area contributed by atoms with E-state index in [-0.39, 0.29) is 0 Å². The quantitative estimate of drug-likeness (QED) is 0.849. The largest absolute Gasteiger partial charge is 0.493 e. The average molecular weight is 343 g/mol. The van der Waals surface area contributed by atoms with Gasteiger partial charge in [-0.2, -0.15) is 0 Å². The number of rotatable bonds is 4. The van der Waals surface area contributed by atoms with Crippen molar-refractivity contribution in [1.29, 1.82) is 0 Å². The van der Waals surface area contributed by atoms with Crippen molar-refractivity contribution in [1.82, 2.24) is 0 Å². The first kappa shape index (κ1) is 16.6. The number of hydrogen-bond acceptors (Lipinski definition) is 4. The molecule has 0 spiro atoms. The summed E-state index contributed by atoms with van der Waals surface area (Å²) >= 11 is 0. The van der Waals surface area contributed by atoms with E-state index >= 15 is 0 Å². The van der Waals surface area contributed by atoms with Crippen molar-refractivity contribution in [3.05, 3.63) is 58.6 Å². The second-order valence-corrected chi connectivity index (χ2v) is 7.33. The highest BCUT2D eigenvalue weighted by Gasteiger charge is 2.22. The molecule has 1 heterocycles. The summed E-state index contributed by atoms with van der Waals surface area (Å²) in [5.41, 5.74) is 3.28. The summed E-state index contributed by atoms with van der Waals surface area (Å²) < 4.78 is 23.7. The molecule has 1 aliphatic rings. The Morgan fingerprint density at radius 2 is 1.67 bits per heavy atom. The van der Waals surface area contributed by atoms with Crippen LogP contribution in [-0.2, 0) is 17.2 Å². The predicted octanol–water partition coefficient (Wildman–Crippen LogP) is 3.65. The van der Waals surface area contributed by atoms with Crippen LogP contribution in [0.5, 0.6) is 11.5 Å². The molecule has 24 heavy (non-hydrogen) atoms. The summed E-state index contributed by atoms with van der Waals surface area (Å²) in [7, 11) is 4.03. The van der Waals surface area contributed by atoms with Crippen molar-refractivity contribution in [2.75, 3.05) is 26.2 Å². The first-order valence-electron chi connectivity index (χ1n) is 7.70. The van der Waals surface area contributed by atoms with Crippen LogP contribution in [0.4, 0.5) is 5.69 Å². The Balaban J connectivity index is 1.95. The number of anilines is 1. The highest BCUT2D eigenvalue weighted by molar-refractivity contribution is 7.89. The third-order valence-corrected chi connectivity index (χ3v) is 5.57. The van der Waals surface area contributed by atoms with Crippen molar-refractivity contribution in [3.63, 3.8) is 0 Å². The monoisotopic (exact) mass is 343 g/mol. The van der Waals surface area contributed by atoms with Crippen molar-refractivity contribution in [3.8, 4) is 11.5 Å². The molecular formula is C19H21NO3S. The topological polar surface area (TPSA) is 38.8 Å². The maximum atomic E-state index is 12.9. The van der Waals surface area contributed by atoms with Crippen LogP contribution in [0.2, 0.25) is 0 Å². The first-order valence-corrected chi connectivity index (χ1v) is 8.85. The lowest BCUT2D eigenvalue weighted by molar-refractivity contribution is 0.354. The zero-order valence-corrected chi connectivity index (χ0v) is 15.1. The number of ether oxygens (including phenoxy) is 2. The molecule has 0 aromatic heterocycles. The second kappa shape index (κ2) is 6.69. The number of methoxy groups -OCH3 is 2. The van der Waals surface area contributed by atoms with E-state index in [9.17, 15) is 4.21 Å². The van der Waals surface area contributed by atoms with Gasteiger partial charge in [-0.1, -0.05) is 17.7 Å². The van der Waals surface area contributed by atoms with E-state index in [1.807, 2.05) is 61.5 Å². The van der Waals surface area contributed by atoms with Crippen LogP contribution < -0.4 is 14.4 Å². The van der Waals surface area contributed by atoms with Crippen molar-refractivity contribution >= 4 is 16.5 Å². The van der Waals surface area contributed by atoms with Crippen molar-refractivity contribution in [2.24, 2.45) is 0 Å². The Bertz CT molecular complexity index is 812. The number of nitrogens with zero attached hydrogens (tertiary/aromatic N) is 1. The second-order valence-electron chi connectivity index (χ2n) is 5.80. The molecule has 4 nitrogen and oxygen atoms in total. The zero-order valence-electron chi connectivity index (χ0n) is 14.3. The molecule has 126 valence electrons. The van der Waals surface area contributed by atoms with Crippen LogP contribution in [0.25, 0.3) is 0 Å². The van der Waals surface area contributed by atoms with Crippen LogP contribution in [0.1, 0.15) is 11.1 Å². The van der Waals surface area contributed by atoms with Gasteiger partial charge in [0.2, 0.25) is 0 Å². The Morgan fingerprint density at radius 1 is 1.04 bits per heavy atom. The number of aryl methyl sites for hydroxylation is 1. The van der Waals surface area contributed by atoms with Crippen LogP contribution in [0.15, 0.2) is 52.4 Å². The van der Waals surface area contributed by atoms with Gasteiger partial charge in [-0.25, -0.2) is 4.21 Å². The predicted molar refractivity (Wildman–Crippen MR) is 97.3 cm³/mol. The van der Waals surface area contributed by atoms with Crippen LogP contribution in [0.3, 0.4) is 0 Å². The van der Waals surface area contributed by atoms with E-state index in [0.29, 0.717) is 17.9 Å². The van der Waals surface area contributed by atoms with E-state index in [1.54, 1.807) is 14.2 Å². The average Bonchev–Trinajstić information content (AvgIpc) is 2.60. The fraction of sp³-hybridized carbons (Fsp3) is 0.263. The normalized spacial score (nSPS) is 14.7. The van der Waals surface area contributed by atoms with Crippen LogP contribution >= 0.6 is 0 Å². The Hall–Kier alpha value is -2.27. The summed E-state index contributed by atoms with van der Waals surface area (Å²) in [6.07, 6.45) is 2.57. The van der Waals surface area contributed by atoms with Gasteiger partial charge in [0.15, 0.2) is 11.5 Å². The minimum absolute atomic E-state index is 0.626. The highest BCUT2D eigenvalue weighted by Crippen LogP contribution is 2.39. The van der Waals surface area contributed by atoms with Gasteiger partial charge in [0.05, 0.1) is 25.0 Å². The first-order chi connectivity index (χ1) is 11.5. The molecule has 0 N–H and O–H groups in total. The third kappa shape index (κ3) is 3.04. The molecule has 0 amide bonds. The molecule has 0 bridgehead atoms. The molecule has 0 fully saturated rings. The number of benzene rings is 2. The Labute approximate surface area is 145 Å². The molecule has 2 aromatic rings. The van der Waals surface area contributed by atoms with E-state index in [2.05, 4.69) is 0 Å². The Morgan fingerprint density at radius 3 is 2.29 bits per heavy atom. The molecule has 0 radical (unpaired) electrons. The maximum Gasteiger partial charge on any atom is 0.162 e. The minimum atomic E-state index is -1.17. The highest BCUT2D eigenvalue weighted by atomic mass is 32.2. The summed E-state index contributed by atoms with van der Waals surface area (Å²) in [5.74, 6) is 1.38. The van der Waals surface area contributed by atoms with Gasteiger partial charge >= 0.3 is 0 Å². The van der Waals surface area contributed by atoms with Gasteiger partial charge < -0.3 is 14.4 Å². The molecule has 0 saturated carbocycles. The zero-order chi connectivity index (χ0) is 17.3. The molecular weight excluding hydrogens is 322 g/mol. The third-order valence-electron chi connectivity index (χ3n) is 4.14. The van der Waals surface area contributed by atoms with E-state index in [0.717, 1.165) is 26.6 Å². The summed E-state index contributed by atoms with van der Waals surface area (Å²) in [4.78, 5) is 3.69. The fourth-order valence-corrected chi connectivity index (χ4v) is 4.05. The fourth-order valence-electron chi connectivity index (χ4n) is 2.83. The van der Waals surface area contributed by atoms with Gasteiger partial charge in [-0.15, -0.1) is 0 Å². The lowest BCUT2D eigenvalue weighted by Gasteiger charge is -2.27. The van der Waals surface area contributed by atoms with Gasteiger partial charge in [-0.3, -0.25) is 0 Å². The van der Waals surface area contributed by atoms with Gasteiger partial charge in [0.1, 0.15) is 0 Å².